The summed E-state index contributed by atoms with van der Waals surface area (Å²) in [6.07, 6.45) is 13.9. The SMILES string of the molecule is NC(c1ccn(CC(=O)NC2CCCCCC2)c1)C1CC1. The molecule has 4 heteroatoms. The zero-order chi connectivity index (χ0) is 14.7. The van der Waals surface area contributed by atoms with Gasteiger partial charge in [-0.3, -0.25) is 4.79 Å². The van der Waals surface area contributed by atoms with Crippen molar-refractivity contribution in [1.29, 1.82) is 0 Å². The molecule has 2 aliphatic rings. The summed E-state index contributed by atoms with van der Waals surface area (Å²) in [7, 11) is 0. The van der Waals surface area contributed by atoms with E-state index in [0.29, 0.717) is 18.5 Å². The van der Waals surface area contributed by atoms with Crippen LogP contribution in [-0.2, 0) is 11.3 Å². The number of nitrogens with two attached hydrogens (primary N) is 1. The van der Waals surface area contributed by atoms with Gasteiger partial charge in [-0.2, -0.15) is 0 Å². The summed E-state index contributed by atoms with van der Waals surface area (Å²) in [5.41, 5.74) is 7.36. The van der Waals surface area contributed by atoms with Crippen molar-refractivity contribution < 1.29 is 4.79 Å². The molecule has 0 saturated heterocycles. The minimum atomic E-state index is 0.129. The highest BCUT2D eigenvalue weighted by Gasteiger charge is 2.29. The molecule has 1 amide bonds. The molecule has 2 aliphatic carbocycles. The summed E-state index contributed by atoms with van der Waals surface area (Å²) >= 11 is 0. The van der Waals surface area contributed by atoms with Crippen LogP contribution in [0.15, 0.2) is 18.5 Å². The van der Waals surface area contributed by atoms with E-state index in [4.69, 9.17) is 5.73 Å². The van der Waals surface area contributed by atoms with Gasteiger partial charge in [0.2, 0.25) is 5.91 Å². The first-order chi connectivity index (χ1) is 10.2. The Bertz CT molecular complexity index is 470. The number of hydrogen-bond acceptors (Lipinski definition) is 2. The Labute approximate surface area is 127 Å². The fourth-order valence-corrected chi connectivity index (χ4v) is 3.35. The maximum Gasteiger partial charge on any atom is 0.240 e. The average Bonchev–Trinajstić information content (AvgIpc) is 3.24. The highest BCUT2D eigenvalue weighted by molar-refractivity contribution is 5.76. The maximum absolute atomic E-state index is 12.2. The lowest BCUT2D eigenvalue weighted by atomic mass is 10.1. The number of hydrogen-bond donors (Lipinski definition) is 2. The van der Waals surface area contributed by atoms with E-state index in [1.54, 1.807) is 0 Å². The van der Waals surface area contributed by atoms with Gasteiger partial charge in [-0.15, -0.1) is 0 Å². The topological polar surface area (TPSA) is 60.0 Å². The molecular weight excluding hydrogens is 262 g/mol. The lowest BCUT2D eigenvalue weighted by Gasteiger charge is -2.16. The van der Waals surface area contributed by atoms with E-state index in [1.807, 2.05) is 17.0 Å². The molecule has 21 heavy (non-hydrogen) atoms. The molecule has 116 valence electrons. The highest BCUT2D eigenvalue weighted by atomic mass is 16.2. The van der Waals surface area contributed by atoms with Crippen LogP contribution >= 0.6 is 0 Å². The normalized spacial score (nSPS) is 21.8. The standard InChI is InChI=1S/C17H27N3O/c18-17(13-7-8-13)14-9-10-20(11-14)12-16(21)19-15-5-3-1-2-4-6-15/h9-11,13,15,17H,1-8,12,18H2,(H,19,21). The third-order valence-electron chi connectivity index (χ3n) is 4.83. The van der Waals surface area contributed by atoms with Gasteiger partial charge in [-0.1, -0.05) is 25.7 Å². The number of amides is 1. The Kier molecular flexibility index (Phi) is 4.63. The molecule has 0 aromatic carbocycles. The molecule has 0 aliphatic heterocycles. The van der Waals surface area contributed by atoms with Gasteiger partial charge in [0.15, 0.2) is 0 Å². The second-order valence-electron chi connectivity index (χ2n) is 6.74. The van der Waals surface area contributed by atoms with Crippen LogP contribution in [0.5, 0.6) is 0 Å². The van der Waals surface area contributed by atoms with Crippen LogP contribution in [0, 0.1) is 5.92 Å². The van der Waals surface area contributed by atoms with Crippen LogP contribution in [0.3, 0.4) is 0 Å². The second kappa shape index (κ2) is 6.65. The van der Waals surface area contributed by atoms with E-state index in [2.05, 4.69) is 11.4 Å². The molecule has 2 fully saturated rings. The van der Waals surface area contributed by atoms with Gasteiger partial charge in [0.05, 0.1) is 0 Å². The summed E-state index contributed by atoms with van der Waals surface area (Å²) in [6.45, 7) is 0.411. The quantitative estimate of drug-likeness (QED) is 0.819. The predicted octanol–water partition coefficient (Wildman–Crippen LogP) is 2.74. The number of carbonyl (C=O) groups excluding carboxylic acids is 1. The molecule has 0 spiro atoms. The molecule has 1 unspecified atom stereocenters. The smallest absolute Gasteiger partial charge is 0.240 e. The van der Waals surface area contributed by atoms with Gasteiger partial charge < -0.3 is 15.6 Å². The third kappa shape index (κ3) is 4.10. The van der Waals surface area contributed by atoms with Crippen LogP contribution in [0.4, 0.5) is 0 Å². The molecule has 0 bridgehead atoms. The van der Waals surface area contributed by atoms with Gasteiger partial charge in [0.25, 0.3) is 0 Å². The Morgan fingerprint density at radius 3 is 2.62 bits per heavy atom. The number of carbonyl (C=O) groups is 1. The van der Waals surface area contributed by atoms with E-state index in [0.717, 1.165) is 12.8 Å². The van der Waals surface area contributed by atoms with Crippen molar-refractivity contribution in [3.05, 3.63) is 24.0 Å². The molecule has 1 heterocycles. The summed E-state index contributed by atoms with van der Waals surface area (Å²) in [5, 5.41) is 3.19. The summed E-state index contributed by atoms with van der Waals surface area (Å²) < 4.78 is 1.96. The molecule has 4 nitrogen and oxygen atoms in total. The van der Waals surface area contributed by atoms with E-state index < -0.39 is 0 Å². The Hall–Kier alpha value is -1.29. The van der Waals surface area contributed by atoms with E-state index in [-0.39, 0.29) is 11.9 Å². The van der Waals surface area contributed by atoms with Gasteiger partial charge in [0.1, 0.15) is 6.54 Å². The first-order valence-electron chi connectivity index (χ1n) is 8.43. The second-order valence-corrected chi connectivity index (χ2v) is 6.74. The van der Waals surface area contributed by atoms with Crippen LogP contribution < -0.4 is 11.1 Å². The average molecular weight is 289 g/mol. The van der Waals surface area contributed by atoms with Crippen molar-refractivity contribution in [2.75, 3.05) is 0 Å². The molecule has 3 rings (SSSR count). The summed E-state index contributed by atoms with van der Waals surface area (Å²) in [5.74, 6) is 0.782. The molecule has 1 aromatic rings. The molecular formula is C17H27N3O. The number of nitrogens with one attached hydrogen (secondary N) is 1. The lowest BCUT2D eigenvalue weighted by Crippen LogP contribution is -2.36. The fraction of sp³-hybridized carbons (Fsp3) is 0.706. The number of nitrogens with zero attached hydrogens (tertiary/aromatic N) is 1. The van der Waals surface area contributed by atoms with Crippen LogP contribution in [-0.4, -0.2) is 16.5 Å². The molecule has 3 N–H and O–H groups in total. The third-order valence-corrected chi connectivity index (χ3v) is 4.83. The molecule has 2 saturated carbocycles. The van der Waals surface area contributed by atoms with Crippen molar-refractivity contribution in [3.8, 4) is 0 Å². The van der Waals surface area contributed by atoms with E-state index in [9.17, 15) is 4.79 Å². The lowest BCUT2D eigenvalue weighted by molar-refractivity contribution is -0.122. The Balaban J connectivity index is 1.49. The van der Waals surface area contributed by atoms with Gasteiger partial charge in [-0.25, -0.2) is 0 Å². The van der Waals surface area contributed by atoms with E-state index >= 15 is 0 Å². The summed E-state index contributed by atoms with van der Waals surface area (Å²) in [6, 6.07) is 2.59. The monoisotopic (exact) mass is 289 g/mol. The van der Waals surface area contributed by atoms with Gasteiger partial charge in [0, 0.05) is 24.5 Å². The minimum absolute atomic E-state index is 0.129. The largest absolute Gasteiger partial charge is 0.352 e. The van der Waals surface area contributed by atoms with Gasteiger partial charge in [-0.05, 0) is 43.2 Å². The molecule has 1 aromatic heterocycles. The van der Waals surface area contributed by atoms with Crippen molar-refractivity contribution >= 4 is 5.91 Å². The van der Waals surface area contributed by atoms with E-state index in [1.165, 1.54) is 44.1 Å². The number of aromatic nitrogens is 1. The highest BCUT2D eigenvalue weighted by Crippen LogP contribution is 2.39. The maximum atomic E-state index is 12.2. The zero-order valence-electron chi connectivity index (χ0n) is 12.8. The number of rotatable bonds is 5. The molecule has 0 radical (unpaired) electrons. The van der Waals surface area contributed by atoms with Gasteiger partial charge >= 0.3 is 0 Å². The summed E-state index contributed by atoms with van der Waals surface area (Å²) in [4.78, 5) is 12.2. The first-order valence-corrected chi connectivity index (χ1v) is 8.43. The van der Waals surface area contributed by atoms with Crippen LogP contribution in [0.1, 0.15) is 63.0 Å². The Morgan fingerprint density at radius 1 is 1.24 bits per heavy atom. The first kappa shape index (κ1) is 14.6. The predicted molar refractivity (Wildman–Crippen MR) is 83.7 cm³/mol. The van der Waals surface area contributed by atoms with Crippen molar-refractivity contribution in [2.24, 2.45) is 11.7 Å². The Morgan fingerprint density at radius 2 is 1.95 bits per heavy atom. The zero-order valence-corrected chi connectivity index (χ0v) is 12.8. The fourth-order valence-electron chi connectivity index (χ4n) is 3.35. The minimum Gasteiger partial charge on any atom is -0.352 e. The van der Waals surface area contributed by atoms with Crippen LogP contribution in [0.2, 0.25) is 0 Å². The molecule has 1 atom stereocenters. The van der Waals surface area contributed by atoms with Crippen molar-refractivity contribution in [2.45, 2.75) is 70.0 Å². The van der Waals surface area contributed by atoms with Crippen LogP contribution in [0.25, 0.3) is 0 Å². The van der Waals surface area contributed by atoms with Crippen molar-refractivity contribution in [1.82, 2.24) is 9.88 Å². The van der Waals surface area contributed by atoms with Crippen molar-refractivity contribution in [3.63, 3.8) is 0 Å².